The molecule has 0 amide bonds. The smallest absolute Gasteiger partial charge is 0.0518 e. The van der Waals surface area contributed by atoms with Gasteiger partial charge in [-0.1, -0.05) is 97.6 Å². The van der Waals surface area contributed by atoms with Crippen molar-refractivity contribution < 1.29 is 0 Å². The third-order valence-corrected chi connectivity index (χ3v) is 4.44. The first-order chi connectivity index (χ1) is 12.3. The molecule has 0 aromatic heterocycles. The monoisotopic (exact) mass is 328 g/mol. The Bertz CT molecular complexity index is 779. The summed E-state index contributed by atoms with van der Waals surface area (Å²) >= 11 is 0. The van der Waals surface area contributed by atoms with Crippen molar-refractivity contribution in [1.82, 2.24) is 5.32 Å². The maximum atomic E-state index is 6.61. The SMILES string of the molecule is C=Cc1ccc(CNC(c2ccccc2)C(N)c2ccccc2)cc1. The summed E-state index contributed by atoms with van der Waals surface area (Å²) in [7, 11) is 0. The van der Waals surface area contributed by atoms with E-state index in [-0.39, 0.29) is 12.1 Å². The van der Waals surface area contributed by atoms with Crippen LogP contribution in [0, 0.1) is 0 Å². The minimum atomic E-state index is -0.115. The molecule has 3 aromatic rings. The molecule has 0 radical (unpaired) electrons. The van der Waals surface area contributed by atoms with E-state index in [1.165, 1.54) is 11.1 Å². The Balaban J connectivity index is 1.80. The van der Waals surface area contributed by atoms with E-state index in [1.807, 2.05) is 30.3 Å². The van der Waals surface area contributed by atoms with E-state index in [2.05, 4.69) is 72.6 Å². The fourth-order valence-electron chi connectivity index (χ4n) is 2.98. The molecule has 2 heteroatoms. The first kappa shape index (κ1) is 17.2. The predicted octanol–water partition coefficient (Wildman–Crippen LogP) is 4.86. The second kappa shape index (κ2) is 8.43. The molecule has 0 saturated heterocycles. The van der Waals surface area contributed by atoms with Crippen LogP contribution >= 0.6 is 0 Å². The highest BCUT2D eigenvalue weighted by atomic mass is 15.0. The number of benzene rings is 3. The molecule has 3 aromatic carbocycles. The van der Waals surface area contributed by atoms with Crippen LogP contribution in [-0.2, 0) is 6.54 Å². The molecule has 0 bridgehead atoms. The van der Waals surface area contributed by atoms with E-state index >= 15 is 0 Å². The molecule has 3 rings (SSSR count). The maximum absolute atomic E-state index is 6.61. The van der Waals surface area contributed by atoms with Crippen LogP contribution in [-0.4, -0.2) is 0 Å². The number of nitrogens with one attached hydrogen (secondary N) is 1. The van der Waals surface area contributed by atoms with Crippen LogP contribution in [0.3, 0.4) is 0 Å². The van der Waals surface area contributed by atoms with Crippen molar-refractivity contribution in [1.29, 1.82) is 0 Å². The topological polar surface area (TPSA) is 38.0 Å². The Labute approximate surface area is 150 Å². The van der Waals surface area contributed by atoms with E-state index in [1.54, 1.807) is 0 Å². The number of rotatable bonds is 7. The van der Waals surface area contributed by atoms with Crippen molar-refractivity contribution in [3.05, 3.63) is 114 Å². The van der Waals surface area contributed by atoms with Crippen LogP contribution in [0.15, 0.2) is 91.5 Å². The van der Waals surface area contributed by atoms with Gasteiger partial charge in [0, 0.05) is 12.6 Å². The van der Waals surface area contributed by atoms with Crippen LogP contribution in [0.4, 0.5) is 0 Å². The van der Waals surface area contributed by atoms with Crippen LogP contribution in [0.1, 0.15) is 34.3 Å². The normalized spacial score (nSPS) is 13.2. The molecule has 2 atom stereocenters. The molecule has 25 heavy (non-hydrogen) atoms. The van der Waals surface area contributed by atoms with Crippen LogP contribution in [0.2, 0.25) is 0 Å². The summed E-state index contributed by atoms with van der Waals surface area (Å²) in [5, 5.41) is 3.64. The van der Waals surface area contributed by atoms with Crippen molar-refractivity contribution in [3.63, 3.8) is 0 Å². The zero-order valence-electron chi connectivity index (χ0n) is 14.3. The molecule has 126 valence electrons. The Morgan fingerprint density at radius 3 is 1.92 bits per heavy atom. The summed E-state index contributed by atoms with van der Waals surface area (Å²) in [6.07, 6.45) is 1.86. The molecular weight excluding hydrogens is 304 g/mol. The molecule has 2 unspecified atom stereocenters. The zero-order valence-corrected chi connectivity index (χ0v) is 14.3. The van der Waals surface area contributed by atoms with Crippen LogP contribution < -0.4 is 11.1 Å². The maximum Gasteiger partial charge on any atom is 0.0518 e. The minimum Gasteiger partial charge on any atom is -0.322 e. The highest BCUT2D eigenvalue weighted by molar-refractivity contribution is 5.47. The van der Waals surface area contributed by atoms with Gasteiger partial charge in [-0.3, -0.25) is 0 Å². The van der Waals surface area contributed by atoms with Crippen molar-refractivity contribution in [3.8, 4) is 0 Å². The molecule has 0 spiro atoms. The lowest BCUT2D eigenvalue weighted by molar-refractivity contribution is 0.452. The van der Waals surface area contributed by atoms with E-state index < -0.39 is 0 Å². The van der Waals surface area contributed by atoms with Gasteiger partial charge in [0.05, 0.1) is 6.04 Å². The summed E-state index contributed by atoms with van der Waals surface area (Å²) < 4.78 is 0. The van der Waals surface area contributed by atoms with Gasteiger partial charge in [-0.05, 0) is 22.3 Å². The standard InChI is InChI=1S/C23H24N2/c1-2-18-13-15-19(16-14-18)17-25-23(21-11-7-4-8-12-21)22(24)20-9-5-3-6-10-20/h2-16,22-23,25H,1,17,24H2. The van der Waals surface area contributed by atoms with Crippen LogP contribution in [0.25, 0.3) is 6.08 Å². The van der Waals surface area contributed by atoms with Gasteiger partial charge in [0.2, 0.25) is 0 Å². The molecule has 0 aliphatic rings. The van der Waals surface area contributed by atoms with Gasteiger partial charge in [0.15, 0.2) is 0 Å². The van der Waals surface area contributed by atoms with Gasteiger partial charge >= 0.3 is 0 Å². The van der Waals surface area contributed by atoms with E-state index in [0.29, 0.717) is 0 Å². The van der Waals surface area contributed by atoms with Gasteiger partial charge in [-0.2, -0.15) is 0 Å². The lowest BCUT2D eigenvalue weighted by atomic mass is 9.94. The predicted molar refractivity (Wildman–Crippen MR) is 106 cm³/mol. The molecule has 0 fully saturated rings. The van der Waals surface area contributed by atoms with Crippen molar-refractivity contribution in [2.24, 2.45) is 5.73 Å². The molecule has 2 nitrogen and oxygen atoms in total. The van der Waals surface area contributed by atoms with E-state index in [9.17, 15) is 0 Å². The quantitative estimate of drug-likeness (QED) is 0.650. The lowest BCUT2D eigenvalue weighted by Gasteiger charge is -2.26. The Kier molecular flexibility index (Phi) is 5.78. The van der Waals surface area contributed by atoms with Gasteiger partial charge in [0.25, 0.3) is 0 Å². The zero-order chi connectivity index (χ0) is 17.5. The average Bonchev–Trinajstić information content (AvgIpc) is 2.70. The van der Waals surface area contributed by atoms with E-state index in [4.69, 9.17) is 5.73 Å². The van der Waals surface area contributed by atoms with Gasteiger partial charge in [-0.15, -0.1) is 0 Å². The second-order valence-electron chi connectivity index (χ2n) is 6.15. The molecule has 0 saturated carbocycles. The highest BCUT2D eigenvalue weighted by Crippen LogP contribution is 2.27. The number of hydrogen-bond acceptors (Lipinski definition) is 2. The average molecular weight is 328 g/mol. The summed E-state index contributed by atoms with van der Waals surface area (Å²) in [6, 6.07) is 29.0. The molecule has 3 N–H and O–H groups in total. The number of hydrogen-bond donors (Lipinski definition) is 2. The molecular formula is C23H24N2. The molecule has 0 aliphatic heterocycles. The first-order valence-electron chi connectivity index (χ1n) is 8.58. The minimum absolute atomic E-state index is 0.0441. The lowest BCUT2D eigenvalue weighted by Crippen LogP contribution is -2.31. The Morgan fingerprint density at radius 2 is 1.36 bits per heavy atom. The summed E-state index contributed by atoms with van der Waals surface area (Å²) in [5.41, 5.74) is 11.3. The van der Waals surface area contributed by atoms with Gasteiger partial charge < -0.3 is 11.1 Å². The Hall–Kier alpha value is -2.68. The van der Waals surface area contributed by atoms with Crippen molar-refractivity contribution in [2.75, 3.05) is 0 Å². The van der Waals surface area contributed by atoms with Crippen molar-refractivity contribution in [2.45, 2.75) is 18.6 Å². The fourth-order valence-corrected chi connectivity index (χ4v) is 2.98. The molecule has 0 aliphatic carbocycles. The fraction of sp³-hybridized carbons (Fsp3) is 0.130. The Morgan fingerprint density at radius 1 is 0.800 bits per heavy atom. The summed E-state index contributed by atoms with van der Waals surface area (Å²) in [4.78, 5) is 0. The molecule has 0 heterocycles. The first-order valence-corrected chi connectivity index (χ1v) is 8.58. The van der Waals surface area contributed by atoms with Crippen LogP contribution in [0.5, 0.6) is 0 Å². The second-order valence-corrected chi connectivity index (χ2v) is 6.15. The summed E-state index contributed by atoms with van der Waals surface area (Å²) in [5.74, 6) is 0. The largest absolute Gasteiger partial charge is 0.322 e. The van der Waals surface area contributed by atoms with Crippen molar-refractivity contribution >= 4 is 6.08 Å². The third kappa shape index (κ3) is 4.44. The highest BCUT2D eigenvalue weighted by Gasteiger charge is 2.20. The summed E-state index contributed by atoms with van der Waals surface area (Å²) in [6.45, 7) is 4.56. The van der Waals surface area contributed by atoms with E-state index in [0.717, 1.165) is 17.7 Å². The number of nitrogens with two attached hydrogens (primary N) is 1. The van der Waals surface area contributed by atoms with Gasteiger partial charge in [0.1, 0.15) is 0 Å². The van der Waals surface area contributed by atoms with Gasteiger partial charge in [-0.25, -0.2) is 0 Å². The third-order valence-electron chi connectivity index (χ3n) is 4.44.